The summed E-state index contributed by atoms with van der Waals surface area (Å²) in [6.45, 7) is 0. The predicted octanol–water partition coefficient (Wildman–Crippen LogP) is 2.34. The van der Waals surface area contributed by atoms with Crippen molar-refractivity contribution in [2.75, 3.05) is 17.3 Å². The highest BCUT2D eigenvalue weighted by atomic mass is 79.9. The maximum atomic E-state index is 12.7. The highest BCUT2D eigenvalue weighted by Gasteiger charge is 2.30. The van der Waals surface area contributed by atoms with Gasteiger partial charge in [-0.25, -0.2) is 4.99 Å². The summed E-state index contributed by atoms with van der Waals surface area (Å²) in [5.41, 5.74) is 3.20. The third kappa shape index (κ3) is 3.10. The van der Waals surface area contributed by atoms with Gasteiger partial charge in [0.15, 0.2) is 0 Å². The summed E-state index contributed by atoms with van der Waals surface area (Å²) in [4.78, 5) is 30.6. The van der Waals surface area contributed by atoms with Crippen LogP contribution in [0.5, 0.6) is 0 Å². The molecule has 1 aliphatic heterocycles. The number of hydrogen-bond donors (Lipinski definition) is 1. The summed E-state index contributed by atoms with van der Waals surface area (Å²) in [6.07, 6.45) is -0.956. The molecule has 0 fully saturated rings. The van der Waals surface area contributed by atoms with Crippen LogP contribution in [0, 0.1) is 0 Å². The van der Waals surface area contributed by atoms with Crippen LogP contribution < -0.4 is 10.2 Å². The molecule has 6 heteroatoms. The average Bonchev–Trinajstić information content (AvgIpc) is 2.73. The van der Waals surface area contributed by atoms with Crippen molar-refractivity contribution in [3.8, 4) is 0 Å². The van der Waals surface area contributed by atoms with Gasteiger partial charge in [0, 0.05) is 18.2 Å². The van der Waals surface area contributed by atoms with Crippen molar-refractivity contribution >= 4 is 39.1 Å². The molecule has 1 aliphatic rings. The minimum absolute atomic E-state index is 0.115. The molecule has 2 amide bonds. The number of nitrogens with one attached hydrogen (secondary N) is 1. The van der Waals surface area contributed by atoms with Gasteiger partial charge in [0.25, 0.3) is 5.91 Å². The zero-order valence-electron chi connectivity index (χ0n) is 13.1. The van der Waals surface area contributed by atoms with E-state index < -0.39 is 6.17 Å². The Kier molecular flexibility index (Phi) is 4.76. The minimum Gasteiger partial charge on any atom is -0.326 e. The first-order chi connectivity index (χ1) is 11.6. The quantitative estimate of drug-likeness (QED) is 0.824. The van der Waals surface area contributed by atoms with Crippen LogP contribution in [0.4, 0.5) is 5.69 Å². The molecule has 5 nitrogen and oxygen atoms in total. The van der Waals surface area contributed by atoms with E-state index in [1.807, 2.05) is 54.6 Å². The highest BCUT2D eigenvalue weighted by Crippen LogP contribution is 2.26. The molecular formula is C18H16BrN3O2. The van der Waals surface area contributed by atoms with Gasteiger partial charge >= 0.3 is 0 Å². The number of anilines is 1. The molecule has 3 rings (SSSR count). The third-order valence-corrected chi connectivity index (χ3v) is 4.32. The van der Waals surface area contributed by atoms with Crippen LogP contribution in [-0.2, 0) is 9.59 Å². The predicted molar refractivity (Wildman–Crippen MR) is 97.7 cm³/mol. The van der Waals surface area contributed by atoms with E-state index in [9.17, 15) is 9.59 Å². The monoisotopic (exact) mass is 385 g/mol. The molecule has 2 aromatic carbocycles. The first-order valence-electron chi connectivity index (χ1n) is 7.47. The van der Waals surface area contributed by atoms with Gasteiger partial charge in [-0.2, -0.15) is 0 Å². The van der Waals surface area contributed by atoms with Crippen LogP contribution in [0.15, 0.2) is 59.6 Å². The van der Waals surface area contributed by atoms with E-state index in [0.717, 1.165) is 16.8 Å². The molecular weight excluding hydrogens is 370 g/mol. The van der Waals surface area contributed by atoms with E-state index in [0.29, 0.717) is 5.71 Å². The number of likely N-dealkylation sites (N-methyl/N-ethyl adjacent to an activating group) is 1. The van der Waals surface area contributed by atoms with Crippen molar-refractivity contribution < 1.29 is 9.59 Å². The molecule has 0 bridgehead atoms. The largest absolute Gasteiger partial charge is 0.326 e. The summed E-state index contributed by atoms with van der Waals surface area (Å²) in [6, 6.07) is 17.2. The molecule has 1 N–H and O–H groups in total. The molecule has 0 radical (unpaired) electrons. The molecule has 0 saturated carbocycles. The molecule has 0 aromatic heterocycles. The zero-order chi connectivity index (χ0) is 17.1. The Morgan fingerprint density at radius 2 is 1.83 bits per heavy atom. The van der Waals surface area contributed by atoms with E-state index in [4.69, 9.17) is 0 Å². The Labute approximate surface area is 148 Å². The summed E-state index contributed by atoms with van der Waals surface area (Å²) in [5.74, 6) is -0.563. The molecule has 0 aliphatic carbocycles. The van der Waals surface area contributed by atoms with Gasteiger partial charge in [-0.15, -0.1) is 0 Å². The molecule has 0 saturated heterocycles. The molecule has 2 aromatic rings. The fourth-order valence-electron chi connectivity index (χ4n) is 2.63. The summed E-state index contributed by atoms with van der Waals surface area (Å²) >= 11 is 3.10. The Morgan fingerprint density at radius 1 is 1.17 bits per heavy atom. The molecule has 1 atom stereocenters. The van der Waals surface area contributed by atoms with Crippen LogP contribution in [0.2, 0.25) is 0 Å². The second kappa shape index (κ2) is 6.97. The zero-order valence-corrected chi connectivity index (χ0v) is 14.7. The number of fused-ring (bicyclic) bond motifs is 1. The van der Waals surface area contributed by atoms with E-state index in [-0.39, 0.29) is 17.1 Å². The Bertz CT molecular complexity index is 805. The number of para-hydroxylation sites is 1. The number of carbonyl (C=O) groups is 2. The van der Waals surface area contributed by atoms with Crippen molar-refractivity contribution in [3.05, 3.63) is 65.7 Å². The van der Waals surface area contributed by atoms with Crippen molar-refractivity contribution in [3.63, 3.8) is 0 Å². The van der Waals surface area contributed by atoms with Crippen molar-refractivity contribution in [2.45, 2.75) is 6.17 Å². The van der Waals surface area contributed by atoms with Gasteiger partial charge < -0.3 is 10.2 Å². The van der Waals surface area contributed by atoms with Gasteiger partial charge in [-0.05, 0) is 6.07 Å². The lowest BCUT2D eigenvalue weighted by Crippen LogP contribution is -2.46. The minimum atomic E-state index is -0.956. The van der Waals surface area contributed by atoms with Crippen LogP contribution in [0.25, 0.3) is 0 Å². The lowest BCUT2D eigenvalue weighted by atomic mass is 10.0. The number of amides is 2. The summed E-state index contributed by atoms with van der Waals surface area (Å²) in [5, 5.41) is 2.77. The van der Waals surface area contributed by atoms with Crippen LogP contribution >= 0.6 is 15.9 Å². The van der Waals surface area contributed by atoms with Gasteiger partial charge in [0.1, 0.15) is 0 Å². The van der Waals surface area contributed by atoms with E-state index in [1.54, 1.807) is 7.05 Å². The van der Waals surface area contributed by atoms with Crippen LogP contribution in [0.1, 0.15) is 11.1 Å². The number of benzene rings is 2. The highest BCUT2D eigenvalue weighted by molar-refractivity contribution is 9.09. The maximum absolute atomic E-state index is 12.7. The molecule has 24 heavy (non-hydrogen) atoms. The summed E-state index contributed by atoms with van der Waals surface area (Å²) in [7, 11) is 1.69. The average molecular weight is 386 g/mol. The number of nitrogens with zero attached hydrogens (tertiary/aromatic N) is 2. The maximum Gasteiger partial charge on any atom is 0.272 e. The summed E-state index contributed by atoms with van der Waals surface area (Å²) < 4.78 is 0. The second-order valence-corrected chi connectivity index (χ2v) is 5.92. The normalized spacial score (nSPS) is 16.9. The topological polar surface area (TPSA) is 61.8 Å². The van der Waals surface area contributed by atoms with Gasteiger partial charge in [-0.3, -0.25) is 9.59 Å². The fraction of sp³-hybridized carbons (Fsp3) is 0.167. The van der Waals surface area contributed by atoms with E-state index in [1.165, 1.54) is 4.90 Å². The van der Waals surface area contributed by atoms with Crippen molar-refractivity contribution in [1.82, 2.24) is 5.32 Å². The van der Waals surface area contributed by atoms with Gasteiger partial charge in [0.2, 0.25) is 12.1 Å². The number of carbonyl (C=O) groups excluding carboxylic acids is 2. The van der Waals surface area contributed by atoms with Crippen molar-refractivity contribution in [2.24, 2.45) is 4.99 Å². The first kappa shape index (κ1) is 16.4. The molecule has 0 unspecified atom stereocenters. The van der Waals surface area contributed by atoms with Gasteiger partial charge in [-0.1, -0.05) is 64.5 Å². The van der Waals surface area contributed by atoms with E-state index >= 15 is 0 Å². The number of benzodiazepines with no additional fused rings is 1. The SMILES string of the molecule is CN1C(=O)[C@H](NC(=O)CBr)N=C(c2ccccc2)c2ccccc21. The number of rotatable bonds is 3. The molecule has 122 valence electrons. The Hall–Kier alpha value is -2.47. The smallest absolute Gasteiger partial charge is 0.272 e. The first-order valence-corrected chi connectivity index (χ1v) is 8.59. The number of alkyl halides is 1. The number of hydrogen-bond acceptors (Lipinski definition) is 3. The molecule has 0 spiro atoms. The molecule has 1 heterocycles. The van der Waals surface area contributed by atoms with E-state index in [2.05, 4.69) is 26.2 Å². The van der Waals surface area contributed by atoms with Crippen LogP contribution in [-0.4, -0.2) is 36.1 Å². The Morgan fingerprint density at radius 3 is 2.54 bits per heavy atom. The number of aliphatic imine (C=N–C) groups is 1. The number of halogens is 1. The lowest BCUT2D eigenvalue weighted by Gasteiger charge is -2.20. The second-order valence-electron chi connectivity index (χ2n) is 5.36. The van der Waals surface area contributed by atoms with Gasteiger partial charge in [0.05, 0.1) is 16.7 Å². The lowest BCUT2D eigenvalue weighted by molar-refractivity contribution is -0.125. The van der Waals surface area contributed by atoms with Crippen molar-refractivity contribution in [1.29, 1.82) is 0 Å². The standard InChI is InChI=1S/C18H16BrN3O2/c1-22-14-10-6-5-9-13(14)16(12-7-3-2-4-8-12)21-17(18(22)24)20-15(23)11-19/h2-10,17H,11H2,1H3,(H,20,23)/t17-/m1/s1. The third-order valence-electron chi connectivity index (χ3n) is 3.81. The van der Waals surface area contributed by atoms with Crippen LogP contribution in [0.3, 0.4) is 0 Å². The Balaban J connectivity index is 2.16. The fourth-order valence-corrected chi connectivity index (χ4v) is 2.80.